The average Bonchev–Trinajstić information content (AvgIpc) is 2.39. The lowest BCUT2D eigenvalue weighted by Gasteiger charge is -2.26. The Kier molecular flexibility index (Phi) is 6.48. The molecule has 1 aromatic rings. The topological polar surface area (TPSA) is 39.9 Å². The number of rotatable bonds is 7. The Morgan fingerprint density at radius 1 is 1.33 bits per heavy atom. The summed E-state index contributed by atoms with van der Waals surface area (Å²) in [5.74, 6) is 0. The Morgan fingerprint density at radius 2 is 1.90 bits per heavy atom. The first kappa shape index (κ1) is 18.2. The normalized spacial score (nSPS) is 12.2. The minimum absolute atomic E-state index is 0.0632. The van der Waals surface area contributed by atoms with Crippen molar-refractivity contribution in [3.63, 3.8) is 0 Å². The van der Waals surface area contributed by atoms with E-state index in [2.05, 4.69) is 20.8 Å². The van der Waals surface area contributed by atoms with E-state index in [1.54, 1.807) is 0 Å². The number of benzene rings is 1. The van der Waals surface area contributed by atoms with Gasteiger partial charge in [0.05, 0.1) is 13.2 Å². The average molecular weight is 382 g/mol. The molecule has 0 aliphatic carbocycles. The van der Waals surface area contributed by atoms with E-state index in [4.69, 9.17) is 15.6 Å². The first-order valence-electron chi connectivity index (χ1n) is 6.21. The summed E-state index contributed by atoms with van der Waals surface area (Å²) in [7, 11) is -4.63. The highest BCUT2D eigenvalue weighted by Crippen LogP contribution is 2.67. The van der Waals surface area contributed by atoms with Crippen LogP contribution in [0, 0.1) is 6.57 Å². The van der Waals surface area contributed by atoms with Gasteiger partial charge < -0.3 is 13.9 Å². The van der Waals surface area contributed by atoms with Gasteiger partial charge >= 0.3 is 13.3 Å². The predicted molar refractivity (Wildman–Crippen MR) is 79.2 cm³/mol. The lowest BCUT2D eigenvalue weighted by molar-refractivity contribution is 0.0354. The molecule has 0 saturated heterocycles. The molecule has 0 N–H and O–H groups in total. The zero-order valence-electron chi connectivity index (χ0n) is 11.6. The van der Waals surface area contributed by atoms with Gasteiger partial charge in [-0.3, -0.25) is 4.57 Å². The fourth-order valence-electron chi connectivity index (χ4n) is 1.68. The Balaban J connectivity index is 3.28. The number of hydrogen-bond donors (Lipinski definition) is 0. The van der Waals surface area contributed by atoms with Crippen LogP contribution in [0.2, 0.25) is 0 Å². The standard InChI is InChI=1S/C13H15BrF2NO3P/c1-4-19-21(18,20-5-2)13(15,16)11-7-6-10(9-17-3)8-12(11)14/h6-8H,4-5,9H2,1-2H3. The molecule has 0 aliphatic rings. The molecule has 116 valence electrons. The molecule has 0 bridgehead atoms. The molecule has 0 atom stereocenters. The van der Waals surface area contributed by atoms with Gasteiger partial charge in [0.15, 0.2) is 0 Å². The number of alkyl halides is 2. The molecule has 0 saturated carbocycles. The summed E-state index contributed by atoms with van der Waals surface area (Å²) in [6, 6.07) is 3.94. The fourth-order valence-corrected chi connectivity index (χ4v) is 4.08. The van der Waals surface area contributed by atoms with Gasteiger partial charge in [0.1, 0.15) is 0 Å². The maximum absolute atomic E-state index is 14.6. The molecular formula is C13H15BrF2NO3P. The fraction of sp³-hybridized carbons (Fsp3) is 0.462. The van der Waals surface area contributed by atoms with Crippen LogP contribution >= 0.6 is 23.5 Å². The van der Waals surface area contributed by atoms with Crippen molar-refractivity contribution in [2.75, 3.05) is 13.2 Å². The third kappa shape index (κ3) is 3.89. The van der Waals surface area contributed by atoms with E-state index in [1.807, 2.05) is 0 Å². The van der Waals surface area contributed by atoms with Gasteiger partial charge in [0.2, 0.25) is 6.54 Å². The predicted octanol–water partition coefficient (Wildman–Crippen LogP) is 5.18. The monoisotopic (exact) mass is 381 g/mol. The van der Waals surface area contributed by atoms with Crippen molar-refractivity contribution in [2.24, 2.45) is 0 Å². The van der Waals surface area contributed by atoms with E-state index in [1.165, 1.54) is 26.0 Å². The van der Waals surface area contributed by atoms with Crippen LogP contribution in [0.5, 0.6) is 0 Å². The molecule has 0 radical (unpaired) electrons. The molecule has 0 aliphatic heterocycles. The van der Waals surface area contributed by atoms with Crippen LogP contribution < -0.4 is 0 Å². The molecule has 0 amide bonds. The third-order valence-electron chi connectivity index (χ3n) is 2.56. The first-order chi connectivity index (χ1) is 9.82. The molecule has 1 rings (SSSR count). The number of halogens is 3. The number of hydrogen-bond acceptors (Lipinski definition) is 3. The maximum Gasteiger partial charge on any atom is 0.404 e. The molecule has 0 fully saturated rings. The van der Waals surface area contributed by atoms with Crippen molar-refractivity contribution >= 4 is 23.5 Å². The zero-order valence-corrected chi connectivity index (χ0v) is 14.1. The Bertz CT molecular complexity index is 579. The second kappa shape index (κ2) is 7.46. The largest absolute Gasteiger partial charge is 0.404 e. The molecule has 8 heteroatoms. The molecular weight excluding hydrogens is 367 g/mol. The maximum atomic E-state index is 14.6. The van der Waals surface area contributed by atoms with Crippen molar-refractivity contribution in [3.05, 3.63) is 45.2 Å². The van der Waals surface area contributed by atoms with Crippen molar-refractivity contribution in [1.29, 1.82) is 0 Å². The molecule has 0 spiro atoms. The number of nitrogens with zero attached hydrogens (tertiary/aromatic N) is 1. The first-order valence-corrected chi connectivity index (χ1v) is 8.55. The van der Waals surface area contributed by atoms with E-state index in [9.17, 15) is 13.3 Å². The van der Waals surface area contributed by atoms with Crippen LogP contribution in [0.3, 0.4) is 0 Å². The quantitative estimate of drug-likeness (QED) is 0.482. The summed E-state index contributed by atoms with van der Waals surface area (Å²) >= 11 is 3.03. The van der Waals surface area contributed by atoms with Crippen LogP contribution in [-0.4, -0.2) is 13.2 Å². The Labute approximate surface area is 130 Å². The van der Waals surface area contributed by atoms with Gasteiger partial charge in [-0.1, -0.05) is 28.1 Å². The molecule has 4 nitrogen and oxygen atoms in total. The van der Waals surface area contributed by atoms with Crippen LogP contribution in [-0.2, 0) is 25.8 Å². The van der Waals surface area contributed by atoms with E-state index in [0.29, 0.717) is 5.56 Å². The van der Waals surface area contributed by atoms with E-state index < -0.39 is 18.8 Å². The molecule has 0 aromatic heterocycles. The summed E-state index contributed by atoms with van der Waals surface area (Å²) in [6.07, 6.45) is 0. The van der Waals surface area contributed by atoms with Crippen LogP contribution in [0.25, 0.3) is 4.85 Å². The van der Waals surface area contributed by atoms with Crippen LogP contribution in [0.1, 0.15) is 25.0 Å². The highest BCUT2D eigenvalue weighted by atomic mass is 79.9. The minimum Gasteiger partial charge on any atom is -0.312 e. The van der Waals surface area contributed by atoms with Crippen LogP contribution in [0.15, 0.2) is 22.7 Å². The highest BCUT2D eigenvalue weighted by Gasteiger charge is 2.55. The van der Waals surface area contributed by atoms with Crippen molar-refractivity contribution in [1.82, 2.24) is 0 Å². The molecule has 0 unspecified atom stereocenters. The van der Waals surface area contributed by atoms with Gasteiger partial charge in [0.25, 0.3) is 0 Å². The van der Waals surface area contributed by atoms with E-state index >= 15 is 0 Å². The van der Waals surface area contributed by atoms with Crippen LogP contribution in [0.4, 0.5) is 8.78 Å². The lowest BCUT2D eigenvalue weighted by Crippen LogP contribution is -2.19. The smallest absolute Gasteiger partial charge is 0.312 e. The second-order valence-corrected chi connectivity index (χ2v) is 6.93. The van der Waals surface area contributed by atoms with Gasteiger partial charge in [-0.25, -0.2) is 6.57 Å². The van der Waals surface area contributed by atoms with Gasteiger partial charge in [-0.05, 0) is 19.9 Å². The summed E-state index contributed by atoms with van der Waals surface area (Å²) < 4.78 is 51.0. The van der Waals surface area contributed by atoms with Crippen molar-refractivity contribution < 1.29 is 22.4 Å². The second-order valence-electron chi connectivity index (χ2n) is 4.00. The third-order valence-corrected chi connectivity index (χ3v) is 5.34. The molecule has 1 aromatic carbocycles. The summed E-state index contributed by atoms with van der Waals surface area (Å²) in [5.41, 5.74) is -3.69. The Hall–Kier alpha value is -0.800. The van der Waals surface area contributed by atoms with Gasteiger partial charge in [-0.15, -0.1) is 0 Å². The summed E-state index contributed by atoms with van der Waals surface area (Å²) in [5, 5.41) is 0. The SMILES string of the molecule is [C-]#[N+]Cc1ccc(C(F)(F)P(=O)(OCC)OCC)c(Br)c1. The van der Waals surface area contributed by atoms with Gasteiger partial charge in [-0.2, -0.15) is 8.78 Å². The van der Waals surface area contributed by atoms with E-state index in [-0.39, 0.29) is 24.2 Å². The Morgan fingerprint density at radius 3 is 2.33 bits per heavy atom. The van der Waals surface area contributed by atoms with Gasteiger partial charge in [0, 0.05) is 15.6 Å². The highest BCUT2D eigenvalue weighted by molar-refractivity contribution is 9.10. The van der Waals surface area contributed by atoms with Crippen molar-refractivity contribution in [2.45, 2.75) is 26.1 Å². The molecule has 0 heterocycles. The summed E-state index contributed by atoms with van der Waals surface area (Å²) in [4.78, 5) is 3.18. The van der Waals surface area contributed by atoms with E-state index in [0.717, 1.165) is 6.07 Å². The molecule has 21 heavy (non-hydrogen) atoms. The minimum atomic E-state index is -4.63. The summed E-state index contributed by atoms with van der Waals surface area (Å²) in [6.45, 7) is 9.49. The lowest BCUT2D eigenvalue weighted by atomic mass is 10.1. The van der Waals surface area contributed by atoms with Crippen molar-refractivity contribution in [3.8, 4) is 0 Å². The zero-order chi connectivity index (χ0) is 16.1.